The second-order valence-electron chi connectivity index (χ2n) is 5.60. The van der Waals surface area contributed by atoms with Gasteiger partial charge in [0.2, 0.25) is 0 Å². The molecule has 1 unspecified atom stereocenters. The van der Waals surface area contributed by atoms with Gasteiger partial charge in [0.1, 0.15) is 0 Å². The molecule has 1 aromatic carbocycles. The number of rotatable bonds is 5. The van der Waals surface area contributed by atoms with Crippen molar-refractivity contribution in [2.75, 3.05) is 13.1 Å². The first-order valence-corrected chi connectivity index (χ1v) is 7.16. The minimum atomic E-state index is 0.807. The van der Waals surface area contributed by atoms with E-state index in [-0.39, 0.29) is 0 Å². The molecule has 1 fully saturated rings. The average Bonchev–Trinajstić information content (AvgIpc) is 2.41. The Labute approximate surface area is 112 Å². The van der Waals surface area contributed by atoms with Crippen molar-refractivity contribution in [3.63, 3.8) is 0 Å². The van der Waals surface area contributed by atoms with Gasteiger partial charge in [0.25, 0.3) is 0 Å². The van der Waals surface area contributed by atoms with Crippen LogP contribution in [-0.2, 0) is 6.54 Å². The summed E-state index contributed by atoms with van der Waals surface area (Å²) in [7, 11) is 0. The molecule has 1 aliphatic heterocycles. The Morgan fingerprint density at radius 2 is 1.94 bits per heavy atom. The zero-order valence-electron chi connectivity index (χ0n) is 11.5. The maximum absolute atomic E-state index is 3.86. The van der Waals surface area contributed by atoms with Gasteiger partial charge in [0.15, 0.2) is 0 Å². The quantitative estimate of drug-likeness (QED) is 0.703. The molecule has 0 radical (unpaired) electrons. The van der Waals surface area contributed by atoms with E-state index < -0.39 is 0 Å². The first kappa shape index (κ1) is 13.4. The molecule has 0 amide bonds. The van der Waals surface area contributed by atoms with Gasteiger partial charge in [-0.15, -0.1) is 6.58 Å². The Balaban J connectivity index is 1.78. The lowest BCUT2D eigenvalue weighted by atomic mass is 9.83. The highest BCUT2D eigenvalue weighted by Crippen LogP contribution is 2.27. The second-order valence-corrected chi connectivity index (χ2v) is 5.60. The van der Waals surface area contributed by atoms with Crippen LogP contribution < -0.4 is 0 Å². The molecule has 1 saturated heterocycles. The molecule has 0 aliphatic carbocycles. The zero-order valence-corrected chi connectivity index (χ0v) is 11.5. The van der Waals surface area contributed by atoms with Crippen molar-refractivity contribution in [3.05, 3.63) is 48.6 Å². The third kappa shape index (κ3) is 3.71. The van der Waals surface area contributed by atoms with E-state index in [1.165, 1.54) is 37.9 Å². The molecular weight excluding hydrogens is 218 g/mol. The van der Waals surface area contributed by atoms with Gasteiger partial charge in [-0.05, 0) is 49.8 Å². The molecule has 0 saturated carbocycles. The minimum Gasteiger partial charge on any atom is -0.299 e. The van der Waals surface area contributed by atoms with Crippen LogP contribution in [0.5, 0.6) is 0 Å². The summed E-state index contributed by atoms with van der Waals surface area (Å²) < 4.78 is 0. The van der Waals surface area contributed by atoms with Gasteiger partial charge in [-0.1, -0.05) is 43.3 Å². The summed E-state index contributed by atoms with van der Waals surface area (Å²) in [5, 5.41) is 0. The van der Waals surface area contributed by atoms with Crippen molar-refractivity contribution in [1.82, 2.24) is 4.90 Å². The van der Waals surface area contributed by atoms with Gasteiger partial charge in [-0.25, -0.2) is 0 Å². The number of hydrogen-bond acceptors (Lipinski definition) is 1. The lowest BCUT2D eigenvalue weighted by molar-refractivity contribution is 0.147. The van der Waals surface area contributed by atoms with Crippen LogP contribution in [0.2, 0.25) is 0 Å². The molecule has 18 heavy (non-hydrogen) atoms. The number of hydrogen-bond donors (Lipinski definition) is 0. The number of piperidine rings is 1. The number of benzene rings is 1. The molecule has 1 atom stereocenters. The molecule has 1 heterocycles. The Bertz CT molecular complexity index is 349. The molecule has 0 spiro atoms. The molecule has 0 N–H and O–H groups in total. The third-order valence-electron chi connectivity index (χ3n) is 4.22. The van der Waals surface area contributed by atoms with Crippen LogP contribution >= 0.6 is 0 Å². The summed E-state index contributed by atoms with van der Waals surface area (Å²) in [5.41, 5.74) is 1.44. The lowest BCUT2D eigenvalue weighted by Gasteiger charge is -2.34. The van der Waals surface area contributed by atoms with Crippen molar-refractivity contribution in [3.8, 4) is 0 Å². The topological polar surface area (TPSA) is 3.24 Å². The van der Waals surface area contributed by atoms with E-state index in [0.717, 1.165) is 18.4 Å². The smallest absolute Gasteiger partial charge is 0.0233 e. The fourth-order valence-electron chi connectivity index (χ4n) is 2.98. The molecule has 0 aromatic heterocycles. The van der Waals surface area contributed by atoms with Crippen LogP contribution in [0.25, 0.3) is 0 Å². The van der Waals surface area contributed by atoms with Crippen molar-refractivity contribution in [1.29, 1.82) is 0 Å². The highest BCUT2D eigenvalue weighted by Gasteiger charge is 2.22. The van der Waals surface area contributed by atoms with Gasteiger partial charge in [-0.3, -0.25) is 4.90 Å². The van der Waals surface area contributed by atoms with E-state index in [1.54, 1.807) is 0 Å². The molecule has 1 nitrogen and oxygen atoms in total. The Hall–Kier alpha value is -1.08. The lowest BCUT2D eigenvalue weighted by Crippen LogP contribution is -2.35. The number of nitrogens with zero attached hydrogens (tertiary/aromatic N) is 1. The largest absolute Gasteiger partial charge is 0.299 e. The van der Waals surface area contributed by atoms with E-state index in [4.69, 9.17) is 0 Å². The van der Waals surface area contributed by atoms with Crippen molar-refractivity contribution < 1.29 is 0 Å². The first-order valence-electron chi connectivity index (χ1n) is 7.16. The van der Waals surface area contributed by atoms with Gasteiger partial charge in [-0.2, -0.15) is 0 Å². The summed E-state index contributed by atoms with van der Waals surface area (Å²) in [4.78, 5) is 2.59. The monoisotopic (exact) mass is 243 g/mol. The normalized spacial score (nSPS) is 19.6. The van der Waals surface area contributed by atoms with Crippen molar-refractivity contribution in [2.45, 2.75) is 32.7 Å². The van der Waals surface area contributed by atoms with Crippen LogP contribution in [0.15, 0.2) is 43.0 Å². The SMILES string of the molecule is C=CCC(C)C1CCN(Cc2ccccc2)CC1. The van der Waals surface area contributed by atoms with E-state index >= 15 is 0 Å². The van der Waals surface area contributed by atoms with Crippen LogP contribution in [0.3, 0.4) is 0 Å². The maximum Gasteiger partial charge on any atom is 0.0233 e. The van der Waals surface area contributed by atoms with Gasteiger partial charge in [0.05, 0.1) is 0 Å². The van der Waals surface area contributed by atoms with Gasteiger partial charge >= 0.3 is 0 Å². The molecule has 2 rings (SSSR count). The fourth-order valence-corrected chi connectivity index (χ4v) is 2.98. The van der Waals surface area contributed by atoms with Gasteiger partial charge < -0.3 is 0 Å². The van der Waals surface area contributed by atoms with Crippen LogP contribution in [-0.4, -0.2) is 18.0 Å². The molecule has 0 bridgehead atoms. The molecule has 1 aromatic rings. The summed E-state index contributed by atoms with van der Waals surface area (Å²) in [5.74, 6) is 1.70. The molecular formula is C17H25N. The Morgan fingerprint density at radius 1 is 1.28 bits per heavy atom. The first-order chi connectivity index (χ1) is 8.79. The van der Waals surface area contributed by atoms with E-state index in [1.807, 2.05) is 0 Å². The highest BCUT2D eigenvalue weighted by atomic mass is 15.1. The van der Waals surface area contributed by atoms with Crippen molar-refractivity contribution >= 4 is 0 Å². The fraction of sp³-hybridized carbons (Fsp3) is 0.529. The minimum absolute atomic E-state index is 0.807. The van der Waals surface area contributed by atoms with Gasteiger partial charge in [0, 0.05) is 6.54 Å². The Morgan fingerprint density at radius 3 is 2.56 bits per heavy atom. The van der Waals surface area contributed by atoms with Crippen molar-refractivity contribution in [2.24, 2.45) is 11.8 Å². The van der Waals surface area contributed by atoms with E-state index in [2.05, 4.69) is 54.8 Å². The number of allylic oxidation sites excluding steroid dienone is 1. The predicted octanol–water partition coefficient (Wildman–Crippen LogP) is 4.11. The van der Waals surface area contributed by atoms with Crippen LogP contribution in [0.4, 0.5) is 0 Å². The highest BCUT2D eigenvalue weighted by molar-refractivity contribution is 5.14. The summed E-state index contributed by atoms with van der Waals surface area (Å²) >= 11 is 0. The van der Waals surface area contributed by atoms with Crippen LogP contribution in [0, 0.1) is 11.8 Å². The Kier molecular flexibility index (Phi) is 5.00. The molecule has 1 aliphatic rings. The summed E-state index contributed by atoms with van der Waals surface area (Å²) in [6.45, 7) is 9.85. The van der Waals surface area contributed by atoms with E-state index in [9.17, 15) is 0 Å². The maximum atomic E-state index is 3.86. The molecule has 1 heteroatoms. The predicted molar refractivity (Wildman–Crippen MR) is 78.4 cm³/mol. The standard InChI is InChI=1S/C17H25N/c1-3-7-15(2)17-10-12-18(13-11-17)14-16-8-5-4-6-9-16/h3-6,8-9,15,17H,1,7,10-14H2,2H3. The zero-order chi connectivity index (χ0) is 12.8. The van der Waals surface area contributed by atoms with Crippen LogP contribution in [0.1, 0.15) is 31.7 Å². The van der Waals surface area contributed by atoms with E-state index in [0.29, 0.717) is 0 Å². The third-order valence-corrected chi connectivity index (χ3v) is 4.22. The second kappa shape index (κ2) is 6.75. The molecule has 98 valence electrons. The number of likely N-dealkylation sites (tertiary alicyclic amines) is 1. The summed E-state index contributed by atoms with van der Waals surface area (Å²) in [6.07, 6.45) is 5.94. The average molecular weight is 243 g/mol. The summed E-state index contributed by atoms with van der Waals surface area (Å²) in [6, 6.07) is 10.8.